The van der Waals surface area contributed by atoms with Crippen molar-refractivity contribution in [1.29, 1.82) is 0 Å². The van der Waals surface area contributed by atoms with Gasteiger partial charge in [-0.3, -0.25) is 4.90 Å². The molecule has 1 aromatic carbocycles. The van der Waals surface area contributed by atoms with Gasteiger partial charge in [0.25, 0.3) is 6.43 Å². The summed E-state index contributed by atoms with van der Waals surface area (Å²) in [6.45, 7) is -0.555. The van der Waals surface area contributed by atoms with Crippen molar-refractivity contribution in [2.75, 3.05) is 26.3 Å². The van der Waals surface area contributed by atoms with E-state index in [0.29, 0.717) is 11.1 Å². The number of hydrogen-bond acceptors (Lipinski definition) is 3. The SMILES string of the molecule is OCCC#Cc1cc(F)ccc1CN(CCO)CC(F)F. The highest BCUT2D eigenvalue weighted by Gasteiger charge is 2.14. The van der Waals surface area contributed by atoms with E-state index in [4.69, 9.17) is 10.2 Å². The van der Waals surface area contributed by atoms with Crippen molar-refractivity contribution < 1.29 is 23.4 Å². The first-order valence-corrected chi connectivity index (χ1v) is 6.56. The van der Waals surface area contributed by atoms with Crippen LogP contribution in [0.4, 0.5) is 13.2 Å². The van der Waals surface area contributed by atoms with Gasteiger partial charge in [0.2, 0.25) is 0 Å². The summed E-state index contributed by atoms with van der Waals surface area (Å²) in [4.78, 5) is 1.38. The van der Waals surface area contributed by atoms with E-state index in [-0.39, 0.29) is 32.7 Å². The Morgan fingerprint density at radius 1 is 1.19 bits per heavy atom. The van der Waals surface area contributed by atoms with Crippen molar-refractivity contribution in [3.05, 3.63) is 35.1 Å². The molecular formula is C15H18F3NO2. The fourth-order valence-electron chi connectivity index (χ4n) is 1.83. The molecule has 0 unspecified atom stereocenters. The highest BCUT2D eigenvalue weighted by atomic mass is 19.3. The Balaban J connectivity index is 2.92. The van der Waals surface area contributed by atoms with Gasteiger partial charge in [-0.05, 0) is 17.7 Å². The Morgan fingerprint density at radius 2 is 1.95 bits per heavy atom. The summed E-state index contributed by atoms with van der Waals surface area (Å²) in [6, 6.07) is 3.97. The fraction of sp³-hybridized carbons (Fsp3) is 0.467. The van der Waals surface area contributed by atoms with Crippen LogP contribution in [-0.4, -0.2) is 47.8 Å². The second-order valence-corrected chi connectivity index (χ2v) is 4.43. The molecule has 0 saturated heterocycles. The van der Waals surface area contributed by atoms with E-state index in [1.165, 1.54) is 23.1 Å². The van der Waals surface area contributed by atoms with Gasteiger partial charge in [0, 0.05) is 25.1 Å². The molecule has 1 rings (SSSR count). The van der Waals surface area contributed by atoms with Gasteiger partial charge < -0.3 is 10.2 Å². The van der Waals surface area contributed by atoms with Crippen LogP contribution >= 0.6 is 0 Å². The van der Waals surface area contributed by atoms with Crippen molar-refractivity contribution in [2.45, 2.75) is 19.4 Å². The molecule has 0 fully saturated rings. The largest absolute Gasteiger partial charge is 0.395 e. The average molecular weight is 301 g/mol. The third-order valence-corrected chi connectivity index (χ3v) is 2.74. The van der Waals surface area contributed by atoms with Crippen LogP contribution in [0.3, 0.4) is 0 Å². The minimum absolute atomic E-state index is 0.0976. The van der Waals surface area contributed by atoms with Crippen molar-refractivity contribution in [3.8, 4) is 11.8 Å². The van der Waals surface area contributed by atoms with E-state index in [1.807, 2.05) is 0 Å². The second kappa shape index (κ2) is 9.40. The molecule has 0 spiro atoms. The molecule has 0 amide bonds. The summed E-state index contributed by atoms with van der Waals surface area (Å²) >= 11 is 0. The maximum atomic E-state index is 13.3. The quantitative estimate of drug-likeness (QED) is 0.752. The topological polar surface area (TPSA) is 43.7 Å². The highest BCUT2D eigenvalue weighted by Crippen LogP contribution is 2.14. The van der Waals surface area contributed by atoms with Gasteiger partial charge in [-0.2, -0.15) is 0 Å². The molecule has 0 atom stereocenters. The van der Waals surface area contributed by atoms with Crippen LogP contribution in [0.5, 0.6) is 0 Å². The lowest BCUT2D eigenvalue weighted by Crippen LogP contribution is -2.31. The highest BCUT2D eigenvalue weighted by molar-refractivity contribution is 5.41. The smallest absolute Gasteiger partial charge is 0.251 e. The lowest BCUT2D eigenvalue weighted by Gasteiger charge is -2.21. The van der Waals surface area contributed by atoms with Crippen molar-refractivity contribution >= 4 is 0 Å². The number of aliphatic hydroxyl groups is 2. The van der Waals surface area contributed by atoms with Crippen LogP contribution < -0.4 is 0 Å². The summed E-state index contributed by atoms with van der Waals surface area (Å²) in [5, 5.41) is 17.6. The summed E-state index contributed by atoms with van der Waals surface area (Å²) < 4.78 is 38.2. The molecule has 1 aromatic rings. The molecular weight excluding hydrogens is 283 g/mol. The maximum absolute atomic E-state index is 13.3. The third-order valence-electron chi connectivity index (χ3n) is 2.74. The molecule has 0 bridgehead atoms. The Morgan fingerprint density at radius 3 is 2.57 bits per heavy atom. The van der Waals surface area contributed by atoms with Crippen LogP contribution in [0.25, 0.3) is 0 Å². The molecule has 0 radical (unpaired) electrons. The van der Waals surface area contributed by atoms with Crippen LogP contribution in [0, 0.1) is 17.7 Å². The predicted octanol–water partition coefficient (Wildman–Crippen LogP) is 1.62. The molecule has 0 aliphatic rings. The minimum atomic E-state index is -2.51. The summed E-state index contributed by atoms with van der Waals surface area (Å²) in [7, 11) is 0. The number of benzene rings is 1. The Bertz CT molecular complexity index is 497. The van der Waals surface area contributed by atoms with E-state index in [9.17, 15) is 13.2 Å². The molecule has 116 valence electrons. The van der Waals surface area contributed by atoms with Crippen LogP contribution in [0.1, 0.15) is 17.5 Å². The van der Waals surface area contributed by atoms with E-state index >= 15 is 0 Å². The van der Waals surface area contributed by atoms with E-state index in [1.54, 1.807) is 0 Å². The van der Waals surface area contributed by atoms with Gasteiger partial charge in [0.1, 0.15) is 5.82 Å². The van der Waals surface area contributed by atoms with Gasteiger partial charge >= 0.3 is 0 Å². The number of aliphatic hydroxyl groups excluding tert-OH is 2. The average Bonchev–Trinajstić information content (AvgIpc) is 2.41. The first-order valence-electron chi connectivity index (χ1n) is 6.56. The van der Waals surface area contributed by atoms with Crippen LogP contribution in [0.15, 0.2) is 18.2 Å². The first-order chi connectivity index (χ1) is 10.1. The van der Waals surface area contributed by atoms with Gasteiger partial charge in [-0.25, -0.2) is 13.2 Å². The zero-order valence-electron chi connectivity index (χ0n) is 11.5. The molecule has 0 aliphatic heterocycles. The van der Waals surface area contributed by atoms with Gasteiger partial charge in [0.05, 0.1) is 19.8 Å². The number of alkyl halides is 2. The molecule has 6 heteroatoms. The standard InChI is InChI=1S/C15H18F3NO2/c16-14-5-4-13(12(9-14)3-1-2-7-20)10-19(6-8-21)11-15(17)18/h4-5,9,15,20-21H,2,6-8,10-11H2. The normalized spacial score (nSPS) is 10.8. The minimum Gasteiger partial charge on any atom is -0.395 e. The zero-order valence-corrected chi connectivity index (χ0v) is 11.5. The lowest BCUT2D eigenvalue weighted by molar-refractivity contribution is 0.0746. The molecule has 0 heterocycles. The second-order valence-electron chi connectivity index (χ2n) is 4.43. The van der Waals surface area contributed by atoms with E-state index in [2.05, 4.69) is 11.8 Å². The third kappa shape index (κ3) is 6.63. The number of halogens is 3. The molecule has 21 heavy (non-hydrogen) atoms. The Labute approximate surface area is 122 Å². The molecule has 0 aliphatic carbocycles. The number of rotatable bonds is 7. The van der Waals surface area contributed by atoms with Gasteiger partial charge in [-0.1, -0.05) is 17.9 Å². The van der Waals surface area contributed by atoms with Crippen LogP contribution in [-0.2, 0) is 6.54 Å². The fourth-order valence-corrected chi connectivity index (χ4v) is 1.83. The van der Waals surface area contributed by atoms with E-state index < -0.39 is 18.8 Å². The predicted molar refractivity (Wildman–Crippen MR) is 73.3 cm³/mol. The van der Waals surface area contributed by atoms with Crippen LogP contribution in [0.2, 0.25) is 0 Å². The monoisotopic (exact) mass is 301 g/mol. The summed E-state index contributed by atoms with van der Waals surface area (Å²) in [5.74, 6) is 4.95. The summed E-state index contributed by atoms with van der Waals surface area (Å²) in [5.41, 5.74) is 1.01. The first kappa shape index (κ1) is 17.5. The number of nitrogens with zero attached hydrogens (tertiary/aromatic N) is 1. The molecule has 0 saturated carbocycles. The van der Waals surface area contributed by atoms with Gasteiger partial charge in [-0.15, -0.1) is 0 Å². The Hall–Kier alpha value is -1.55. The molecule has 2 N–H and O–H groups in total. The van der Waals surface area contributed by atoms with Crippen molar-refractivity contribution in [2.24, 2.45) is 0 Å². The zero-order chi connectivity index (χ0) is 15.7. The van der Waals surface area contributed by atoms with Crippen molar-refractivity contribution in [3.63, 3.8) is 0 Å². The number of hydrogen-bond donors (Lipinski definition) is 2. The molecule has 0 aromatic heterocycles. The van der Waals surface area contributed by atoms with Gasteiger partial charge in [0.15, 0.2) is 0 Å². The van der Waals surface area contributed by atoms with E-state index in [0.717, 1.165) is 0 Å². The lowest BCUT2D eigenvalue weighted by atomic mass is 10.1. The molecule has 3 nitrogen and oxygen atoms in total. The maximum Gasteiger partial charge on any atom is 0.251 e. The Kier molecular flexibility index (Phi) is 7.83. The summed E-state index contributed by atoms with van der Waals surface area (Å²) in [6.07, 6.45) is -2.26. The van der Waals surface area contributed by atoms with Crippen molar-refractivity contribution in [1.82, 2.24) is 4.90 Å².